The molecule has 4 nitrogen and oxygen atoms in total. The number of rotatable bonds is 3. The van der Waals surface area contributed by atoms with E-state index in [9.17, 15) is 4.79 Å². The van der Waals surface area contributed by atoms with Crippen LogP contribution in [0.2, 0.25) is 0 Å². The van der Waals surface area contributed by atoms with Crippen molar-refractivity contribution < 1.29 is 14.4 Å². The first kappa shape index (κ1) is 10.5. The third-order valence-corrected chi connectivity index (χ3v) is 2.16. The maximum Gasteiger partial charge on any atom is 0.336 e. The van der Waals surface area contributed by atoms with Gasteiger partial charge < -0.3 is 4.74 Å². The van der Waals surface area contributed by atoms with Crippen LogP contribution in [0.4, 0.5) is 0 Å². The zero-order chi connectivity index (χ0) is 9.68. The molecule has 1 fully saturated rings. The van der Waals surface area contributed by atoms with Crippen molar-refractivity contribution in [3.63, 3.8) is 0 Å². The fourth-order valence-electron chi connectivity index (χ4n) is 1.40. The zero-order valence-corrected chi connectivity index (χ0v) is 8.28. The Kier molecular flexibility index (Phi) is 4.18. The maximum atomic E-state index is 11.0. The molecule has 0 aromatic rings. The van der Waals surface area contributed by atoms with Crippen LogP contribution >= 0.6 is 0 Å². The molecule has 0 aliphatic carbocycles. The Morgan fingerprint density at radius 2 is 1.92 bits per heavy atom. The van der Waals surface area contributed by atoms with Gasteiger partial charge in [-0.25, -0.2) is 4.79 Å². The number of ether oxygens (including phenoxy) is 1. The summed E-state index contributed by atoms with van der Waals surface area (Å²) in [6, 6.07) is 0. The summed E-state index contributed by atoms with van der Waals surface area (Å²) in [5.41, 5.74) is 0. The van der Waals surface area contributed by atoms with E-state index in [0.29, 0.717) is 0 Å². The molecule has 0 spiro atoms. The molecular formula is C9H17NO3. The number of hydroxylamine groups is 2. The van der Waals surface area contributed by atoms with Gasteiger partial charge in [0, 0.05) is 13.1 Å². The highest BCUT2D eigenvalue weighted by atomic mass is 16.7. The molecule has 1 rings (SSSR count). The van der Waals surface area contributed by atoms with E-state index in [1.54, 1.807) is 6.92 Å². The summed E-state index contributed by atoms with van der Waals surface area (Å²) in [5.74, 6) is -0.314. The molecule has 76 valence electrons. The standard InChI is InChI=1S/C9H17NO3/c1-8(9(11)12-2)13-10-6-4-3-5-7-10/h8H,3-7H2,1-2H3. The quantitative estimate of drug-likeness (QED) is 0.617. The van der Waals surface area contributed by atoms with Gasteiger partial charge in [-0.3, -0.25) is 4.84 Å². The number of piperidine rings is 1. The van der Waals surface area contributed by atoms with E-state index >= 15 is 0 Å². The summed E-state index contributed by atoms with van der Waals surface area (Å²) in [5, 5.41) is 1.85. The summed E-state index contributed by atoms with van der Waals surface area (Å²) in [6.07, 6.45) is 3.07. The van der Waals surface area contributed by atoms with Crippen LogP contribution in [0.5, 0.6) is 0 Å². The van der Waals surface area contributed by atoms with Crippen molar-refractivity contribution in [3.05, 3.63) is 0 Å². The molecule has 0 amide bonds. The van der Waals surface area contributed by atoms with Gasteiger partial charge in [0.1, 0.15) is 0 Å². The van der Waals surface area contributed by atoms with E-state index in [4.69, 9.17) is 4.84 Å². The lowest BCUT2D eigenvalue weighted by atomic mass is 10.2. The van der Waals surface area contributed by atoms with Crippen LogP contribution in [0.3, 0.4) is 0 Å². The molecule has 0 aromatic heterocycles. The number of hydrogen-bond donors (Lipinski definition) is 0. The second-order valence-corrected chi connectivity index (χ2v) is 3.26. The van der Waals surface area contributed by atoms with E-state index in [-0.39, 0.29) is 5.97 Å². The normalized spacial score (nSPS) is 21.1. The van der Waals surface area contributed by atoms with E-state index < -0.39 is 6.10 Å². The molecule has 1 heterocycles. The largest absolute Gasteiger partial charge is 0.467 e. The molecule has 1 unspecified atom stereocenters. The highest BCUT2D eigenvalue weighted by Gasteiger charge is 2.19. The first-order chi connectivity index (χ1) is 6.24. The van der Waals surface area contributed by atoms with Gasteiger partial charge in [0.05, 0.1) is 7.11 Å². The number of hydrogen-bond acceptors (Lipinski definition) is 4. The number of nitrogens with zero attached hydrogens (tertiary/aromatic N) is 1. The highest BCUT2D eigenvalue weighted by Crippen LogP contribution is 2.10. The van der Waals surface area contributed by atoms with Crippen LogP contribution < -0.4 is 0 Å². The van der Waals surface area contributed by atoms with Crippen LogP contribution in [0, 0.1) is 0 Å². The molecular weight excluding hydrogens is 170 g/mol. The van der Waals surface area contributed by atoms with E-state index in [1.165, 1.54) is 13.5 Å². The lowest BCUT2D eigenvalue weighted by Crippen LogP contribution is -2.36. The molecule has 4 heteroatoms. The molecule has 0 N–H and O–H groups in total. The van der Waals surface area contributed by atoms with Crippen LogP contribution in [0.1, 0.15) is 26.2 Å². The maximum absolute atomic E-state index is 11.0. The van der Waals surface area contributed by atoms with Crippen molar-refractivity contribution in [1.82, 2.24) is 5.06 Å². The zero-order valence-electron chi connectivity index (χ0n) is 8.28. The topological polar surface area (TPSA) is 38.8 Å². The van der Waals surface area contributed by atoms with Crippen LogP contribution in [-0.2, 0) is 14.4 Å². The average molecular weight is 187 g/mol. The average Bonchev–Trinajstić information content (AvgIpc) is 2.18. The summed E-state index contributed by atoms with van der Waals surface area (Å²) >= 11 is 0. The molecule has 1 atom stereocenters. The predicted octanol–water partition coefficient (Wildman–Crippen LogP) is 0.965. The monoisotopic (exact) mass is 187 g/mol. The smallest absolute Gasteiger partial charge is 0.336 e. The SMILES string of the molecule is COC(=O)C(C)ON1CCCCC1. The third kappa shape index (κ3) is 3.32. The number of methoxy groups -OCH3 is 1. The van der Waals surface area contributed by atoms with Crippen molar-refractivity contribution in [1.29, 1.82) is 0 Å². The molecule has 0 radical (unpaired) electrons. The molecule has 0 bridgehead atoms. The van der Waals surface area contributed by atoms with Gasteiger partial charge in [-0.1, -0.05) is 6.42 Å². The Bertz CT molecular complexity index is 166. The summed E-state index contributed by atoms with van der Waals surface area (Å²) in [7, 11) is 1.37. The Balaban J connectivity index is 2.25. The second kappa shape index (κ2) is 5.19. The van der Waals surface area contributed by atoms with Crippen LogP contribution in [-0.4, -0.2) is 37.3 Å². The number of esters is 1. The van der Waals surface area contributed by atoms with Gasteiger partial charge in [-0.15, -0.1) is 0 Å². The van der Waals surface area contributed by atoms with E-state index in [2.05, 4.69) is 4.74 Å². The van der Waals surface area contributed by atoms with Crippen molar-refractivity contribution in [2.24, 2.45) is 0 Å². The summed E-state index contributed by atoms with van der Waals surface area (Å²) in [6.45, 7) is 3.54. The van der Waals surface area contributed by atoms with Crippen molar-refractivity contribution in [2.75, 3.05) is 20.2 Å². The van der Waals surface area contributed by atoms with Crippen molar-refractivity contribution in [2.45, 2.75) is 32.3 Å². The fourth-order valence-corrected chi connectivity index (χ4v) is 1.40. The van der Waals surface area contributed by atoms with Crippen molar-refractivity contribution >= 4 is 5.97 Å². The minimum absolute atomic E-state index is 0.314. The van der Waals surface area contributed by atoms with Gasteiger partial charge in [0.25, 0.3) is 0 Å². The molecule has 1 aliphatic rings. The molecule has 1 aliphatic heterocycles. The van der Waals surface area contributed by atoms with Gasteiger partial charge in [-0.2, -0.15) is 5.06 Å². The van der Waals surface area contributed by atoms with Crippen molar-refractivity contribution in [3.8, 4) is 0 Å². The third-order valence-electron chi connectivity index (χ3n) is 2.16. The van der Waals surface area contributed by atoms with Gasteiger partial charge in [-0.05, 0) is 19.8 Å². The first-order valence-electron chi connectivity index (χ1n) is 4.73. The van der Waals surface area contributed by atoms with Crippen LogP contribution in [0.25, 0.3) is 0 Å². The van der Waals surface area contributed by atoms with Gasteiger partial charge in [0.15, 0.2) is 6.10 Å². The first-order valence-corrected chi connectivity index (χ1v) is 4.73. The molecule has 13 heavy (non-hydrogen) atoms. The lowest BCUT2D eigenvalue weighted by molar-refractivity contribution is -0.213. The molecule has 0 aromatic carbocycles. The molecule has 0 saturated carbocycles. The minimum atomic E-state index is -0.483. The molecule has 1 saturated heterocycles. The summed E-state index contributed by atoms with van der Waals surface area (Å²) < 4.78 is 4.56. The van der Waals surface area contributed by atoms with Crippen LogP contribution in [0.15, 0.2) is 0 Å². The highest BCUT2D eigenvalue weighted by molar-refractivity contribution is 5.73. The van der Waals surface area contributed by atoms with E-state index in [0.717, 1.165) is 25.9 Å². The summed E-state index contributed by atoms with van der Waals surface area (Å²) in [4.78, 5) is 16.4. The Morgan fingerprint density at radius 1 is 1.31 bits per heavy atom. The lowest BCUT2D eigenvalue weighted by Gasteiger charge is -2.27. The number of carbonyl (C=O) groups excluding carboxylic acids is 1. The van der Waals surface area contributed by atoms with Gasteiger partial charge in [0.2, 0.25) is 0 Å². The second-order valence-electron chi connectivity index (χ2n) is 3.26. The minimum Gasteiger partial charge on any atom is -0.467 e. The predicted molar refractivity (Wildman–Crippen MR) is 48.0 cm³/mol. The van der Waals surface area contributed by atoms with Gasteiger partial charge >= 0.3 is 5.97 Å². The Hall–Kier alpha value is -0.610. The van der Waals surface area contributed by atoms with E-state index in [1.807, 2.05) is 5.06 Å². The Morgan fingerprint density at radius 3 is 2.46 bits per heavy atom. The fraction of sp³-hybridized carbons (Fsp3) is 0.889. The Labute approximate surface area is 78.8 Å². The number of carbonyl (C=O) groups is 1.